The fourth-order valence-electron chi connectivity index (χ4n) is 2.76. The van der Waals surface area contributed by atoms with Gasteiger partial charge in [-0.25, -0.2) is 0 Å². The summed E-state index contributed by atoms with van der Waals surface area (Å²) < 4.78 is 5.15. The third-order valence-electron chi connectivity index (χ3n) is 3.94. The molecule has 1 atom stereocenters. The SMILES string of the molecule is O=C1N/C(=N\N=Cc2ccco2)S[C@H]1Cc1cccc2ccccc12. The van der Waals surface area contributed by atoms with Gasteiger partial charge in [0, 0.05) is 0 Å². The minimum atomic E-state index is -0.205. The molecule has 0 aliphatic carbocycles. The molecule has 1 N–H and O–H groups in total. The number of nitrogens with one attached hydrogen (secondary N) is 1. The second-order valence-electron chi connectivity index (χ2n) is 5.60. The van der Waals surface area contributed by atoms with E-state index in [0.717, 1.165) is 5.56 Å². The van der Waals surface area contributed by atoms with E-state index in [9.17, 15) is 4.79 Å². The molecule has 1 aliphatic heterocycles. The van der Waals surface area contributed by atoms with E-state index < -0.39 is 0 Å². The first kappa shape index (κ1) is 15.7. The van der Waals surface area contributed by atoms with Gasteiger partial charge in [-0.1, -0.05) is 54.2 Å². The predicted molar refractivity (Wildman–Crippen MR) is 101 cm³/mol. The zero-order chi connectivity index (χ0) is 17.1. The Morgan fingerprint density at radius 2 is 2.00 bits per heavy atom. The maximum atomic E-state index is 12.2. The van der Waals surface area contributed by atoms with Crippen molar-refractivity contribution in [3.8, 4) is 0 Å². The van der Waals surface area contributed by atoms with Crippen LogP contribution in [0.3, 0.4) is 0 Å². The number of thioether (sulfide) groups is 1. The van der Waals surface area contributed by atoms with Crippen molar-refractivity contribution >= 4 is 39.8 Å². The van der Waals surface area contributed by atoms with Gasteiger partial charge >= 0.3 is 0 Å². The van der Waals surface area contributed by atoms with E-state index in [0.29, 0.717) is 17.3 Å². The molecule has 0 unspecified atom stereocenters. The standard InChI is InChI=1S/C19H15N3O2S/c23-18-17(11-14-7-3-6-13-5-1-2-9-16(13)14)25-19(21-18)22-20-12-15-8-4-10-24-15/h1-10,12,17H,11H2,(H,21,22,23)/t17-/m0/s1. The Labute approximate surface area is 148 Å². The lowest BCUT2D eigenvalue weighted by molar-refractivity contribution is -0.118. The van der Waals surface area contributed by atoms with E-state index in [2.05, 4.69) is 39.8 Å². The molecule has 0 spiro atoms. The average Bonchev–Trinajstić information content (AvgIpc) is 3.26. The lowest BCUT2D eigenvalue weighted by Gasteiger charge is -2.09. The number of nitrogens with zero attached hydrogens (tertiary/aromatic N) is 2. The first-order chi connectivity index (χ1) is 12.3. The molecule has 4 rings (SSSR count). The molecule has 1 saturated heterocycles. The molecule has 2 aromatic carbocycles. The van der Waals surface area contributed by atoms with Gasteiger partial charge in [0.1, 0.15) is 5.76 Å². The zero-order valence-corrected chi connectivity index (χ0v) is 14.1. The van der Waals surface area contributed by atoms with E-state index in [1.54, 1.807) is 18.4 Å². The Morgan fingerprint density at radius 3 is 2.88 bits per heavy atom. The second-order valence-corrected chi connectivity index (χ2v) is 6.79. The molecule has 6 heteroatoms. The van der Waals surface area contributed by atoms with Crippen LogP contribution in [-0.4, -0.2) is 22.5 Å². The molecule has 1 aliphatic rings. The van der Waals surface area contributed by atoms with Crippen molar-refractivity contribution in [2.45, 2.75) is 11.7 Å². The molecule has 0 radical (unpaired) electrons. The average molecular weight is 349 g/mol. The van der Waals surface area contributed by atoms with Gasteiger partial charge in [-0.2, -0.15) is 5.10 Å². The third-order valence-corrected chi connectivity index (χ3v) is 5.01. The van der Waals surface area contributed by atoms with Gasteiger partial charge in [0.2, 0.25) is 5.91 Å². The molecule has 0 bridgehead atoms. The number of hydrogen-bond donors (Lipinski definition) is 1. The summed E-state index contributed by atoms with van der Waals surface area (Å²) in [5.74, 6) is 0.580. The highest BCUT2D eigenvalue weighted by Crippen LogP contribution is 2.27. The van der Waals surface area contributed by atoms with E-state index in [1.165, 1.54) is 28.7 Å². The molecule has 1 amide bonds. The monoisotopic (exact) mass is 349 g/mol. The Hall–Kier alpha value is -2.86. The quantitative estimate of drug-likeness (QED) is 0.578. The van der Waals surface area contributed by atoms with Gasteiger partial charge in [-0.3, -0.25) is 4.79 Å². The third kappa shape index (κ3) is 3.49. The highest BCUT2D eigenvalue weighted by molar-refractivity contribution is 8.15. The fraction of sp³-hybridized carbons (Fsp3) is 0.105. The van der Waals surface area contributed by atoms with Crippen LogP contribution in [0.15, 0.2) is 75.5 Å². The van der Waals surface area contributed by atoms with Crippen molar-refractivity contribution in [2.75, 3.05) is 0 Å². The highest BCUT2D eigenvalue weighted by atomic mass is 32.2. The number of benzene rings is 2. The van der Waals surface area contributed by atoms with Gasteiger partial charge in [-0.15, -0.1) is 5.10 Å². The van der Waals surface area contributed by atoms with Crippen molar-refractivity contribution < 1.29 is 9.21 Å². The molecular formula is C19H15N3O2S. The van der Waals surface area contributed by atoms with Crippen LogP contribution in [0, 0.1) is 0 Å². The number of rotatable bonds is 4. The Morgan fingerprint density at radius 1 is 1.12 bits per heavy atom. The van der Waals surface area contributed by atoms with Crippen LogP contribution in [0.5, 0.6) is 0 Å². The maximum absolute atomic E-state index is 12.2. The Balaban J connectivity index is 1.49. The zero-order valence-electron chi connectivity index (χ0n) is 13.3. The lowest BCUT2D eigenvalue weighted by Crippen LogP contribution is -2.26. The van der Waals surface area contributed by atoms with Gasteiger partial charge < -0.3 is 9.73 Å². The van der Waals surface area contributed by atoms with Crippen LogP contribution in [0.2, 0.25) is 0 Å². The van der Waals surface area contributed by atoms with E-state index in [4.69, 9.17) is 4.42 Å². The molecule has 2 heterocycles. The lowest BCUT2D eigenvalue weighted by atomic mass is 10.0. The van der Waals surface area contributed by atoms with Crippen LogP contribution < -0.4 is 5.32 Å². The minimum absolute atomic E-state index is 0.0371. The van der Waals surface area contributed by atoms with Crippen molar-refractivity contribution in [3.05, 3.63) is 72.2 Å². The summed E-state index contributed by atoms with van der Waals surface area (Å²) in [5.41, 5.74) is 1.16. The number of hydrogen-bond acceptors (Lipinski definition) is 5. The van der Waals surface area contributed by atoms with E-state index in [-0.39, 0.29) is 11.2 Å². The molecule has 0 saturated carbocycles. The molecule has 1 fully saturated rings. The van der Waals surface area contributed by atoms with Gasteiger partial charge in [0.25, 0.3) is 0 Å². The number of furan rings is 1. The fourth-order valence-corrected chi connectivity index (χ4v) is 3.71. The Kier molecular flexibility index (Phi) is 4.35. The first-order valence-corrected chi connectivity index (χ1v) is 8.76. The molecule has 25 heavy (non-hydrogen) atoms. The van der Waals surface area contributed by atoms with E-state index >= 15 is 0 Å². The first-order valence-electron chi connectivity index (χ1n) is 7.88. The highest BCUT2D eigenvalue weighted by Gasteiger charge is 2.30. The molecular weight excluding hydrogens is 334 g/mol. The Bertz CT molecular complexity index is 958. The molecule has 3 aromatic rings. The summed E-state index contributed by atoms with van der Waals surface area (Å²) in [4.78, 5) is 12.2. The normalized spacial score (nSPS) is 19.1. The van der Waals surface area contributed by atoms with Crippen LogP contribution in [0.4, 0.5) is 0 Å². The van der Waals surface area contributed by atoms with Gasteiger partial charge in [0.05, 0.1) is 17.7 Å². The van der Waals surface area contributed by atoms with Crippen molar-refractivity contribution in [3.63, 3.8) is 0 Å². The smallest absolute Gasteiger partial charge is 0.239 e. The van der Waals surface area contributed by atoms with E-state index in [1.807, 2.05) is 18.2 Å². The molecule has 5 nitrogen and oxygen atoms in total. The van der Waals surface area contributed by atoms with Crippen LogP contribution in [-0.2, 0) is 11.2 Å². The summed E-state index contributed by atoms with van der Waals surface area (Å²) in [6.07, 6.45) is 3.73. The largest absolute Gasteiger partial charge is 0.463 e. The number of carbonyl (C=O) groups is 1. The molecule has 124 valence electrons. The predicted octanol–water partition coefficient (Wildman–Crippen LogP) is 3.60. The number of carbonyl (C=O) groups excluding carboxylic acids is 1. The van der Waals surface area contributed by atoms with Crippen LogP contribution >= 0.6 is 11.8 Å². The van der Waals surface area contributed by atoms with Gasteiger partial charge in [0.15, 0.2) is 5.17 Å². The summed E-state index contributed by atoms with van der Waals surface area (Å²) in [6.45, 7) is 0. The maximum Gasteiger partial charge on any atom is 0.239 e. The number of amides is 1. The van der Waals surface area contributed by atoms with Crippen molar-refractivity contribution in [2.24, 2.45) is 10.2 Å². The van der Waals surface area contributed by atoms with Crippen LogP contribution in [0.1, 0.15) is 11.3 Å². The number of amidine groups is 1. The topological polar surface area (TPSA) is 67.0 Å². The van der Waals surface area contributed by atoms with Crippen molar-refractivity contribution in [1.82, 2.24) is 5.32 Å². The summed E-state index contributed by atoms with van der Waals surface area (Å²) >= 11 is 1.40. The summed E-state index contributed by atoms with van der Waals surface area (Å²) in [5, 5.41) is 13.5. The second kappa shape index (κ2) is 6.94. The minimum Gasteiger partial charge on any atom is -0.463 e. The summed E-state index contributed by atoms with van der Waals surface area (Å²) in [7, 11) is 0. The summed E-state index contributed by atoms with van der Waals surface area (Å²) in [6, 6.07) is 17.9. The van der Waals surface area contributed by atoms with Crippen molar-refractivity contribution in [1.29, 1.82) is 0 Å². The molecule has 1 aromatic heterocycles. The van der Waals surface area contributed by atoms with Crippen LogP contribution in [0.25, 0.3) is 10.8 Å². The van der Waals surface area contributed by atoms with Gasteiger partial charge in [-0.05, 0) is 34.9 Å². The number of fused-ring (bicyclic) bond motifs is 1.